The second kappa shape index (κ2) is 49.9. The number of carbonyl (C=O) groups excluding carboxylic acids is 2. The normalized spacial score (nSPS) is 13.2. The van der Waals surface area contributed by atoms with Crippen LogP contribution in [0.4, 0.5) is 0 Å². The van der Waals surface area contributed by atoms with Crippen molar-refractivity contribution in [2.45, 2.75) is 207 Å². The molecule has 0 aromatic rings. The number of rotatable bonds is 43. The lowest BCUT2D eigenvalue weighted by Crippen LogP contribution is -2.30. The molecule has 340 valence electrons. The minimum Gasteiger partial charge on any atom is -0.462 e. The summed E-state index contributed by atoms with van der Waals surface area (Å²) in [5.74, 6) is -0.520. The zero-order chi connectivity index (χ0) is 43.5. The van der Waals surface area contributed by atoms with Crippen molar-refractivity contribution in [3.8, 4) is 0 Å². The third kappa shape index (κ3) is 47.2. The van der Waals surface area contributed by atoms with Crippen molar-refractivity contribution in [1.82, 2.24) is 0 Å². The van der Waals surface area contributed by atoms with Crippen LogP contribution < -0.4 is 0 Å². The van der Waals surface area contributed by atoms with Gasteiger partial charge in [0.1, 0.15) is 6.61 Å². The Labute approximate surface area is 370 Å². The van der Waals surface area contributed by atoms with E-state index in [-0.39, 0.29) is 25.2 Å². The van der Waals surface area contributed by atoms with Crippen LogP contribution in [0, 0.1) is 0 Å². The Balaban J connectivity index is 4.41. The first-order chi connectivity index (χ1) is 29.6. The molecule has 0 aromatic carbocycles. The van der Waals surface area contributed by atoms with Crippen LogP contribution in [0.15, 0.2) is 109 Å². The van der Waals surface area contributed by atoms with Gasteiger partial charge in [-0.1, -0.05) is 188 Å². The van der Waals surface area contributed by atoms with E-state index in [2.05, 4.69) is 124 Å². The molecule has 0 radical (unpaired) electrons. The fourth-order valence-electron chi connectivity index (χ4n) is 6.21. The van der Waals surface area contributed by atoms with Crippen LogP contribution in [0.3, 0.4) is 0 Å². The minimum absolute atomic E-state index is 0.0300. The van der Waals surface area contributed by atoms with Crippen molar-refractivity contribution in [2.24, 2.45) is 0 Å². The van der Waals surface area contributed by atoms with Gasteiger partial charge >= 0.3 is 11.9 Å². The molecule has 0 aliphatic carbocycles. The second-order valence-electron chi connectivity index (χ2n) is 15.6. The molecule has 0 bridgehead atoms. The SMILES string of the molecule is CC/C=C\C/C=C\C/C=C\C/C=C\CCCCCCCOCC(COC(=O)CC/C=C\C/C=C\C/C=C\C/C=C\CC)OC(=O)CCCCCCC/C=C\CCCCCC. The van der Waals surface area contributed by atoms with Gasteiger partial charge in [0.15, 0.2) is 6.10 Å². The lowest BCUT2D eigenvalue weighted by molar-refractivity contribution is -0.162. The number of esters is 2. The van der Waals surface area contributed by atoms with E-state index in [1.165, 1.54) is 64.2 Å². The molecule has 0 aliphatic heterocycles. The summed E-state index contributed by atoms with van der Waals surface area (Å²) in [5.41, 5.74) is 0. The molecule has 0 amide bonds. The molecule has 0 heterocycles. The van der Waals surface area contributed by atoms with E-state index >= 15 is 0 Å². The molecule has 1 unspecified atom stereocenters. The molecule has 0 aliphatic rings. The molecular formula is C55H90O5. The zero-order valence-electron chi connectivity index (χ0n) is 38.9. The van der Waals surface area contributed by atoms with Crippen LogP contribution in [0.25, 0.3) is 0 Å². The Morgan fingerprint density at radius 3 is 1.28 bits per heavy atom. The molecule has 0 rings (SSSR count). The fraction of sp³-hybridized carbons (Fsp3) is 0.636. The third-order valence-corrected chi connectivity index (χ3v) is 9.79. The van der Waals surface area contributed by atoms with Crippen LogP contribution in [0.2, 0.25) is 0 Å². The highest BCUT2D eigenvalue weighted by molar-refractivity contribution is 5.70. The molecule has 0 N–H and O–H groups in total. The molecule has 1 atom stereocenters. The van der Waals surface area contributed by atoms with Crippen molar-refractivity contribution >= 4 is 11.9 Å². The Kier molecular flexibility index (Phi) is 47.1. The number of carbonyl (C=O) groups is 2. The standard InChI is InChI=1S/C55H90O5/c1-4-7-10-13-16-19-22-25-26-27-28-29-32-35-38-41-44-47-50-58-51-53(60-55(57)49-46-43-40-37-34-31-24-21-18-15-12-9-6-3)52-59-54(56)48-45-42-39-36-33-30-23-20-17-14-11-8-5-2/h7-8,10-11,16-17,19-21,24-26,28-30,33,39,42,53H,4-6,9,12-15,18,22-23,27,31-32,34-38,40-41,43-52H2,1-3H3/b10-7-,11-8-,19-16-,20-17-,24-21-,26-25-,29-28-,33-30-,42-39-. The summed E-state index contributed by atoms with van der Waals surface area (Å²) in [6.07, 6.45) is 68.2. The van der Waals surface area contributed by atoms with Gasteiger partial charge in [0.25, 0.3) is 0 Å². The number of unbranched alkanes of at least 4 members (excludes halogenated alkanes) is 14. The smallest absolute Gasteiger partial charge is 0.306 e. The van der Waals surface area contributed by atoms with Gasteiger partial charge in [0.05, 0.1) is 6.61 Å². The van der Waals surface area contributed by atoms with Crippen molar-refractivity contribution in [3.05, 3.63) is 109 Å². The molecule has 5 nitrogen and oxygen atoms in total. The highest BCUT2D eigenvalue weighted by atomic mass is 16.6. The van der Waals surface area contributed by atoms with Gasteiger partial charge in [0.2, 0.25) is 0 Å². The monoisotopic (exact) mass is 831 g/mol. The van der Waals surface area contributed by atoms with E-state index in [9.17, 15) is 9.59 Å². The number of hydrogen-bond donors (Lipinski definition) is 0. The average Bonchev–Trinajstić information content (AvgIpc) is 3.25. The van der Waals surface area contributed by atoms with Gasteiger partial charge in [-0.25, -0.2) is 0 Å². The molecule has 0 aromatic heterocycles. The highest BCUT2D eigenvalue weighted by Gasteiger charge is 2.17. The first kappa shape index (κ1) is 56.6. The zero-order valence-corrected chi connectivity index (χ0v) is 38.9. The van der Waals surface area contributed by atoms with Crippen molar-refractivity contribution in [1.29, 1.82) is 0 Å². The van der Waals surface area contributed by atoms with Crippen LogP contribution in [0.5, 0.6) is 0 Å². The molecule has 60 heavy (non-hydrogen) atoms. The first-order valence-electron chi connectivity index (χ1n) is 24.4. The summed E-state index contributed by atoms with van der Waals surface area (Å²) in [4.78, 5) is 25.3. The number of hydrogen-bond acceptors (Lipinski definition) is 5. The van der Waals surface area contributed by atoms with E-state index in [0.717, 1.165) is 96.3 Å². The quantitative estimate of drug-likeness (QED) is 0.0348. The van der Waals surface area contributed by atoms with Gasteiger partial charge in [-0.2, -0.15) is 0 Å². The molecule has 0 saturated heterocycles. The minimum atomic E-state index is -0.585. The molecular weight excluding hydrogens is 741 g/mol. The van der Waals surface area contributed by atoms with Gasteiger partial charge in [-0.15, -0.1) is 0 Å². The van der Waals surface area contributed by atoms with Crippen molar-refractivity contribution in [2.75, 3.05) is 19.8 Å². The molecule has 0 fully saturated rings. The van der Waals surface area contributed by atoms with Gasteiger partial charge < -0.3 is 14.2 Å². The Hall–Kier alpha value is -3.44. The third-order valence-electron chi connectivity index (χ3n) is 9.79. The topological polar surface area (TPSA) is 61.8 Å². The van der Waals surface area contributed by atoms with E-state index < -0.39 is 6.10 Å². The Morgan fingerprint density at radius 1 is 0.383 bits per heavy atom. The van der Waals surface area contributed by atoms with Gasteiger partial charge in [-0.05, 0) is 109 Å². The largest absolute Gasteiger partial charge is 0.462 e. The maximum Gasteiger partial charge on any atom is 0.306 e. The van der Waals surface area contributed by atoms with Crippen molar-refractivity contribution in [3.63, 3.8) is 0 Å². The van der Waals surface area contributed by atoms with Gasteiger partial charge in [-0.3, -0.25) is 9.59 Å². The summed E-state index contributed by atoms with van der Waals surface area (Å²) < 4.78 is 17.3. The van der Waals surface area contributed by atoms with E-state index in [1.807, 2.05) is 6.08 Å². The van der Waals surface area contributed by atoms with E-state index in [0.29, 0.717) is 25.9 Å². The summed E-state index contributed by atoms with van der Waals surface area (Å²) in [7, 11) is 0. The van der Waals surface area contributed by atoms with Crippen LogP contribution in [0.1, 0.15) is 201 Å². The Bertz CT molecular complexity index is 1210. The molecule has 0 saturated carbocycles. The summed E-state index contributed by atoms with van der Waals surface area (Å²) in [6, 6.07) is 0. The predicted octanol–water partition coefficient (Wildman–Crippen LogP) is 16.4. The summed E-state index contributed by atoms with van der Waals surface area (Å²) in [6.45, 7) is 7.44. The van der Waals surface area contributed by atoms with Crippen LogP contribution in [-0.2, 0) is 23.8 Å². The summed E-state index contributed by atoms with van der Waals surface area (Å²) in [5, 5.41) is 0. The van der Waals surface area contributed by atoms with Crippen LogP contribution in [-0.4, -0.2) is 37.9 Å². The summed E-state index contributed by atoms with van der Waals surface area (Å²) >= 11 is 0. The lowest BCUT2D eigenvalue weighted by Gasteiger charge is -2.18. The maximum absolute atomic E-state index is 12.8. The first-order valence-corrected chi connectivity index (χ1v) is 24.4. The fourth-order valence-corrected chi connectivity index (χ4v) is 6.21. The van der Waals surface area contributed by atoms with E-state index in [4.69, 9.17) is 14.2 Å². The Morgan fingerprint density at radius 2 is 0.783 bits per heavy atom. The molecule has 0 spiro atoms. The number of ether oxygens (including phenoxy) is 3. The number of allylic oxidation sites excluding steroid dienone is 18. The molecule has 5 heteroatoms. The highest BCUT2D eigenvalue weighted by Crippen LogP contribution is 2.12. The predicted molar refractivity (Wildman–Crippen MR) is 260 cm³/mol. The lowest BCUT2D eigenvalue weighted by atomic mass is 10.1. The second-order valence-corrected chi connectivity index (χ2v) is 15.6. The van der Waals surface area contributed by atoms with Crippen molar-refractivity contribution < 1.29 is 23.8 Å². The average molecular weight is 831 g/mol. The maximum atomic E-state index is 12.8. The van der Waals surface area contributed by atoms with E-state index in [1.54, 1.807) is 0 Å². The van der Waals surface area contributed by atoms with Crippen LogP contribution >= 0.6 is 0 Å². The van der Waals surface area contributed by atoms with Gasteiger partial charge in [0, 0.05) is 19.4 Å².